The van der Waals surface area contributed by atoms with Crippen molar-refractivity contribution >= 4 is 12.0 Å². The SMILES string of the molecule is CCN(c1cccc(F)c1C=O)C1CCCCC1. The van der Waals surface area contributed by atoms with Gasteiger partial charge in [-0.3, -0.25) is 4.79 Å². The number of hydrogen-bond donors (Lipinski definition) is 0. The van der Waals surface area contributed by atoms with E-state index in [1.54, 1.807) is 6.07 Å². The summed E-state index contributed by atoms with van der Waals surface area (Å²) in [6, 6.07) is 5.33. The molecule has 2 rings (SSSR count). The standard InChI is InChI=1S/C15H20FNO/c1-2-17(12-7-4-3-5-8-12)15-10-6-9-14(16)13(15)11-18/h6,9-12H,2-5,7-8H2,1H3. The molecular weight excluding hydrogens is 229 g/mol. The minimum atomic E-state index is -0.420. The Labute approximate surface area is 108 Å². The molecule has 0 aromatic heterocycles. The molecule has 0 bridgehead atoms. The number of hydrogen-bond acceptors (Lipinski definition) is 2. The highest BCUT2D eigenvalue weighted by molar-refractivity contribution is 5.85. The van der Waals surface area contributed by atoms with Crippen LogP contribution in [0.3, 0.4) is 0 Å². The summed E-state index contributed by atoms with van der Waals surface area (Å²) >= 11 is 0. The van der Waals surface area contributed by atoms with Gasteiger partial charge in [-0.25, -0.2) is 4.39 Å². The van der Waals surface area contributed by atoms with E-state index < -0.39 is 5.82 Å². The number of rotatable bonds is 4. The number of carbonyl (C=O) groups excluding carboxylic acids is 1. The van der Waals surface area contributed by atoms with E-state index in [0.717, 1.165) is 25.1 Å². The first-order chi connectivity index (χ1) is 8.77. The van der Waals surface area contributed by atoms with Gasteiger partial charge in [0.1, 0.15) is 5.82 Å². The van der Waals surface area contributed by atoms with E-state index in [9.17, 15) is 9.18 Å². The summed E-state index contributed by atoms with van der Waals surface area (Å²) in [6.07, 6.45) is 6.67. The van der Waals surface area contributed by atoms with Crippen LogP contribution in [0.25, 0.3) is 0 Å². The van der Waals surface area contributed by atoms with E-state index in [0.29, 0.717) is 12.3 Å². The van der Waals surface area contributed by atoms with Gasteiger partial charge in [0.2, 0.25) is 0 Å². The van der Waals surface area contributed by atoms with Gasteiger partial charge in [-0.1, -0.05) is 25.3 Å². The molecule has 0 unspecified atom stereocenters. The first kappa shape index (κ1) is 13.1. The molecule has 1 aromatic rings. The third-order valence-corrected chi connectivity index (χ3v) is 3.81. The van der Waals surface area contributed by atoms with Crippen LogP contribution in [0.15, 0.2) is 18.2 Å². The zero-order valence-electron chi connectivity index (χ0n) is 10.9. The van der Waals surface area contributed by atoms with E-state index in [2.05, 4.69) is 11.8 Å². The lowest BCUT2D eigenvalue weighted by atomic mass is 9.93. The monoisotopic (exact) mass is 249 g/mol. The Morgan fingerprint density at radius 3 is 2.67 bits per heavy atom. The predicted octanol–water partition coefficient (Wildman–Crippen LogP) is 3.80. The highest BCUT2D eigenvalue weighted by Crippen LogP contribution is 2.29. The van der Waals surface area contributed by atoms with Crippen molar-refractivity contribution in [1.82, 2.24) is 0 Å². The number of carbonyl (C=O) groups is 1. The van der Waals surface area contributed by atoms with Gasteiger partial charge in [0.25, 0.3) is 0 Å². The van der Waals surface area contributed by atoms with Crippen LogP contribution < -0.4 is 4.90 Å². The summed E-state index contributed by atoms with van der Waals surface area (Å²) in [4.78, 5) is 13.3. The van der Waals surface area contributed by atoms with E-state index in [1.165, 1.54) is 25.3 Å². The minimum Gasteiger partial charge on any atom is -0.368 e. The maximum atomic E-state index is 13.7. The molecule has 0 atom stereocenters. The molecule has 0 heterocycles. The molecule has 1 aliphatic rings. The lowest BCUT2D eigenvalue weighted by Gasteiger charge is -2.36. The van der Waals surface area contributed by atoms with Crippen LogP contribution in [0.4, 0.5) is 10.1 Å². The maximum Gasteiger partial charge on any atom is 0.155 e. The molecule has 1 aliphatic carbocycles. The Kier molecular flexibility index (Phi) is 4.34. The second-order valence-electron chi connectivity index (χ2n) is 4.87. The first-order valence-corrected chi connectivity index (χ1v) is 6.78. The fraction of sp³-hybridized carbons (Fsp3) is 0.533. The van der Waals surface area contributed by atoms with Crippen molar-refractivity contribution in [2.75, 3.05) is 11.4 Å². The molecule has 18 heavy (non-hydrogen) atoms. The third kappa shape index (κ3) is 2.55. The molecule has 0 spiro atoms. The molecule has 98 valence electrons. The summed E-state index contributed by atoms with van der Waals surface area (Å²) in [5.74, 6) is -0.420. The van der Waals surface area contributed by atoms with Gasteiger partial charge < -0.3 is 4.90 Å². The molecule has 1 saturated carbocycles. The molecule has 0 aliphatic heterocycles. The number of nitrogens with zero attached hydrogens (tertiary/aromatic N) is 1. The second kappa shape index (κ2) is 5.98. The van der Waals surface area contributed by atoms with Crippen LogP contribution >= 0.6 is 0 Å². The Morgan fingerprint density at radius 2 is 2.06 bits per heavy atom. The first-order valence-electron chi connectivity index (χ1n) is 6.78. The Hall–Kier alpha value is -1.38. The van der Waals surface area contributed by atoms with Gasteiger partial charge in [-0.2, -0.15) is 0 Å². The predicted molar refractivity (Wildman–Crippen MR) is 71.7 cm³/mol. The van der Waals surface area contributed by atoms with Crippen LogP contribution in [0, 0.1) is 5.82 Å². The van der Waals surface area contributed by atoms with Crippen molar-refractivity contribution in [1.29, 1.82) is 0 Å². The van der Waals surface area contributed by atoms with E-state index in [4.69, 9.17) is 0 Å². The highest BCUT2D eigenvalue weighted by atomic mass is 19.1. The van der Waals surface area contributed by atoms with Crippen molar-refractivity contribution in [3.8, 4) is 0 Å². The zero-order valence-corrected chi connectivity index (χ0v) is 10.9. The van der Waals surface area contributed by atoms with Gasteiger partial charge in [-0.05, 0) is 31.9 Å². The Bertz CT molecular complexity index is 413. The summed E-state index contributed by atoms with van der Waals surface area (Å²) < 4.78 is 13.7. The molecule has 0 saturated heterocycles. The van der Waals surface area contributed by atoms with Gasteiger partial charge in [0, 0.05) is 12.6 Å². The van der Waals surface area contributed by atoms with Crippen molar-refractivity contribution in [2.45, 2.75) is 45.1 Å². The topological polar surface area (TPSA) is 20.3 Å². The van der Waals surface area contributed by atoms with Gasteiger partial charge >= 0.3 is 0 Å². The zero-order chi connectivity index (χ0) is 13.0. The Morgan fingerprint density at radius 1 is 1.33 bits per heavy atom. The van der Waals surface area contributed by atoms with Crippen LogP contribution in [0.1, 0.15) is 49.4 Å². The average Bonchev–Trinajstić information content (AvgIpc) is 2.41. The van der Waals surface area contributed by atoms with Gasteiger partial charge in [0.05, 0.1) is 11.3 Å². The molecule has 0 N–H and O–H groups in total. The highest BCUT2D eigenvalue weighted by Gasteiger charge is 2.22. The van der Waals surface area contributed by atoms with Gasteiger partial charge in [-0.15, -0.1) is 0 Å². The smallest absolute Gasteiger partial charge is 0.155 e. The van der Waals surface area contributed by atoms with E-state index in [1.807, 2.05) is 6.07 Å². The van der Waals surface area contributed by atoms with Crippen molar-refractivity contribution in [3.63, 3.8) is 0 Å². The summed E-state index contributed by atoms with van der Waals surface area (Å²) in [6.45, 7) is 2.88. The average molecular weight is 249 g/mol. The molecule has 1 aromatic carbocycles. The van der Waals surface area contributed by atoms with Crippen molar-refractivity contribution < 1.29 is 9.18 Å². The molecule has 1 fully saturated rings. The normalized spacial score (nSPS) is 16.6. The van der Waals surface area contributed by atoms with Gasteiger partial charge in [0.15, 0.2) is 6.29 Å². The summed E-state index contributed by atoms with van der Waals surface area (Å²) in [5.41, 5.74) is 0.948. The maximum absolute atomic E-state index is 13.7. The third-order valence-electron chi connectivity index (χ3n) is 3.81. The number of anilines is 1. The van der Waals surface area contributed by atoms with Crippen LogP contribution in [-0.2, 0) is 0 Å². The Balaban J connectivity index is 2.31. The lowest BCUT2D eigenvalue weighted by Crippen LogP contribution is -2.37. The minimum absolute atomic E-state index is 0.199. The molecule has 0 amide bonds. The van der Waals surface area contributed by atoms with Crippen LogP contribution in [-0.4, -0.2) is 18.9 Å². The number of aldehydes is 1. The van der Waals surface area contributed by atoms with E-state index in [-0.39, 0.29) is 5.56 Å². The lowest BCUT2D eigenvalue weighted by molar-refractivity contribution is 0.112. The quantitative estimate of drug-likeness (QED) is 0.756. The molecule has 0 radical (unpaired) electrons. The fourth-order valence-corrected chi connectivity index (χ4v) is 2.91. The number of benzene rings is 1. The molecular formula is C15H20FNO. The number of halogens is 1. The molecule has 2 nitrogen and oxygen atoms in total. The fourth-order valence-electron chi connectivity index (χ4n) is 2.91. The van der Waals surface area contributed by atoms with Crippen molar-refractivity contribution in [3.05, 3.63) is 29.6 Å². The van der Waals surface area contributed by atoms with E-state index >= 15 is 0 Å². The largest absolute Gasteiger partial charge is 0.368 e. The second-order valence-corrected chi connectivity index (χ2v) is 4.87. The van der Waals surface area contributed by atoms with Crippen molar-refractivity contribution in [2.24, 2.45) is 0 Å². The molecule has 3 heteroatoms. The van der Waals surface area contributed by atoms with Crippen LogP contribution in [0.2, 0.25) is 0 Å². The van der Waals surface area contributed by atoms with Crippen LogP contribution in [0.5, 0.6) is 0 Å². The summed E-state index contributed by atoms with van der Waals surface area (Å²) in [5, 5.41) is 0. The summed E-state index contributed by atoms with van der Waals surface area (Å²) in [7, 11) is 0.